The third-order valence-electron chi connectivity index (χ3n) is 3.80. The van der Waals surface area contributed by atoms with E-state index in [2.05, 4.69) is 5.32 Å². The van der Waals surface area contributed by atoms with Gasteiger partial charge in [-0.25, -0.2) is 4.79 Å². The summed E-state index contributed by atoms with van der Waals surface area (Å²) in [6.45, 7) is 1.82. The lowest BCUT2D eigenvalue weighted by molar-refractivity contribution is 0.0599. The number of hydrogen-bond acceptors (Lipinski definition) is 4. The number of carbonyl (C=O) groups excluding carboxylic acids is 2. The third-order valence-corrected chi connectivity index (χ3v) is 4.65. The molecule has 3 rings (SSSR count). The van der Waals surface area contributed by atoms with E-state index in [1.165, 1.54) is 7.11 Å². The van der Waals surface area contributed by atoms with Crippen molar-refractivity contribution in [2.75, 3.05) is 12.4 Å². The lowest BCUT2D eigenvalue weighted by atomic mass is 10.1. The molecule has 6 heteroatoms. The molecule has 0 aliphatic carbocycles. The number of fused-ring (bicyclic) bond motifs is 1. The van der Waals surface area contributed by atoms with E-state index in [0.29, 0.717) is 16.9 Å². The fourth-order valence-corrected chi connectivity index (χ4v) is 3.34. The molecule has 1 amide bonds. The minimum absolute atomic E-state index is 0.212. The third kappa shape index (κ3) is 2.73. The number of amides is 1. The Labute approximate surface area is 137 Å². The predicted molar refractivity (Wildman–Crippen MR) is 91.3 cm³/mol. The fourth-order valence-electron chi connectivity index (χ4n) is 2.49. The molecule has 0 fully saturated rings. The van der Waals surface area contributed by atoms with Gasteiger partial charge in [0.25, 0.3) is 5.91 Å². The molecule has 0 bridgehead atoms. The molecular weight excluding hydrogens is 312 g/mol. The Bertz CT molecular complexity index is 908. The standard InChI is InChI=1S/C17H16N2O3S/c1-10-4-5-11(8-12(10)17(21)22-3)18-16(20)14-9-15-13(19(14)2)6-7-23-15/h4-9H,1-3H3,(H,18,20). The van der Waals surface area contributed by atoms with Gasteiger partial charge in [0.2, 0.25) is 0 Å². The summed E-state index contributed by atoms with van der Waals surface area (Å²) in [6, 6.07) is 9.03. The highest BCUT2D eigenvalue weighted by molar-refractivity contribution is 7.17. The highest BCUT2D eigenvalue weighted by Gasteiger charge is 2.16. The van der Waals surface area contributed by atoms with E-state index in [1.807, 2.05) is 36.1 Å². The van der Waals surface area contributed by atoms with Crippen LogP contribution in [-0.4, -0.2) is 23.6 Å². The Morgan fingerprint density at radius 3 is 2.70 bits per heavy atom. The Kier molecular flexibility index (Phi) is 3.92. The van der Waals surface area contributed by atoms with E-state index in [-0.39, 0.29) is 5.91 Å². The quantitative estimate of drug-likeness (QED) is 0.748. The second-order valence-corrected chi connectivity index (χ2v) is 6.18. The van der Waals surface area contributed by atoms with E-state index in [4.69, 9.17) is 4.74 Å². The number of thiophene rings is 1. The van der Waals surface area contributed by atoms with Gasteiger partial charge < -0.3 is 14.6 Å². The van der Waals surface area contributed by atoms with Gasteiger partial charge in [0.15, 0.2) is 0 Å². The highest BCUT2D eigenvalue weighted by Crippen LogP contribution is 2.25. The van der Waals surface area contributed by atoms with Crippen LogP contribution < -0.4 is 5.32 Å². The zero-order valence-electron chi connectivity index (χ0n) is 13.0. The van der Waals surface area contributed by atoms with Crippen LogP contribution in [0.5, 0.6) is 0 Å². The van der Waals surface area contributed by atoms with E-state index >= 15 is 0 Å². The van der Waals surface area contributed by atoms with Crippen molar-refractivity contribution < 1.29 is 14.3 Å². The number of nitrogens with one attached hydrogen (secondary N) is 1. The van der Waals surface area contributed by atoms with Crippen LogP contribution in [0.2, 0.25) is 0 Å². The Hall–Kier alpha value is -2.60. The van der Waals surface area contributed by atoms with Gasteiger partial charge in [-0.3, -0.25) is 4.79 Å². The highest BCUT2D eigenvalue weighted by atomic mass is 32.1. The largest absolute Gasteiger partial charge is 0.465 e. The van der Waals surface area contributed by atoms with Gasteiger partial charge in [-0.2, -0.15) is 0 Å². The van der Waals surface area contributed by atoms with E-state index < -0.39 is 5.97 Å². The first-order chi connectivity index (χ1) is 11.0. The molecule has 0 atom stereocenters. The van der Waals surface area contributed by atoms with Gasteiger partial charge in [0, 0.05) is 12.7 Å². The van der Waals surface area contributed by atoms with E-state index in [1.54, 1.807) is 29.5 Å². The molecule has 118 valence electrons. The van der Waals surface area contributed by atoms with Gasteiger partial charge in [-0.05, 0) is 42.1 Å². The van der Waals surface area contributed by atoms with Gasteiger partial charge in [-0.1, -0.05) is 6.07 Å². The maximum Gasteiger partial charge on any atom is 0.338 e. The number of methoxy groups -OCH3 is 1. The van der Waals surface area contributed by atoms with Crippen molar-refractivity contribution >= 4 is 39.1 Å². The number of ether oxygens (including phenoxy) is 1. The molecule has 0 radical (unpaired) electrons. The number of anilines is 1. The van der Waals surface area contributed by atoms with Crippen molar-refractivity contribution in [2.45, 2.75) is 6.92 Å². The molecule has 2 heterocycles. The first-order valence-corrected chi connectivity index (χ1v) is 7.92. The molecule has 2 aromatic heterocycles. The molecule has 5 nitrogen and oxygen atoms in total. The minimum atomic E-state index is -0.419. The normalized spacial score (nSPS) is 10.7. The zero-order valence-corrected chi connectivity index (χ0v) is 13.9. The van der Waals surface area contributed by atoms with Crippen LogP contribution in [0.25, 0.3) is 10.2 Å². The maximum atomic E-state index is 12.5. The number of aryl methyl sites for hydroxylation is 2. The average Bonchev–Trinajstić information content (AvgIpc) is 3.11. The van der Waals surface area contributed by atoms with Crippen LogP contribution in [0.4, 0.5) is 5.69 Å². The van der Waals surface area contributed by atoms with Gasteiger partial charge >= 0.3 is 5.97 Å². The second kappa shape index (κ2) is 5.89. The summed E-state index contributed by atoms with van der Waals surface area (Å²) >= 11 is 1.60. The number of rotatable bonds is 3. The summed E-state index contributed by atoms with van der Waals surface area (Å²) in [5, 5.41) is 4.83. The van der Waals surface area contributed by atoms with Crippen LogP contribution in [0, 0.1) is 6.92 Å². The van der Waals surface area contributed by atoms with Crippen molar-refractivity contribution in [3.05, 3.63) is 52.5 Å². The fraction of sp³-hybridized carbons (Fsp3) is 0.176. The van der Waals surface area contributed by atoms with Crippen LogP contribution >= 0.6 is 11.3 Å². The minimum Gasteiger partial charge on any atom is -0.465 e. The molecule has 23 heavy (non-hydrogen) atoms. The van der Waals surface area contributed by atoms with Gasteiger partial charge in [0.05, 0.1) is 22.9 Å². The van der Waals surface area contributed by atoms with Crippen molar-refractivity contribution in [2.24, 2.45) is 7.05 Å². The van der Waals surface area contributed by atoms with Crippen LogP contribution in [0.3, 0.4) is 0 Å². The molecule has 0 aliphatic rings. The lowest BCUT2D eigenvalue weighted by Gasteiger charge is -2.09. The van der Waals surface area contributed by atoms with Crippen molar-refractivity contribution in [1.82, 2.24) is 4.57 Å². The summed E-state index contributed by atoms with van der Waals surface area (Å²) in [6.07, 6.45) is 0. The number of carbonyl (C=O) groups is 2. The van der Waals surface area contributed by atoms with Crippen molar-refractivity contribution in [3.63, 3.8) is 0 Å². The first-order valence-electron chi connectivity index (χ1n) is 7.04. The molecule has 0 saturated heterocycles. The summed E-state index contributed by atoms with van der Waals surface area (Å²) in [4.78, 5) is 24.2. The topological polar surface area (TPSA) is 60.3 Å². The molecule has 1 N–H and O–H groups in total. The van der Waals surface area contributed by atoms with Crippen LogP contribution in [0.1, 0.15) is 26.4 Å². The summed E-state index contributed by atoms with van der Waals surface area (Å²) in [5.74, 6) is -0.631. The van der Waals surface area contributed by atoms with Crippen LogP contribution in [0.15, 0.2) is 35.7 Å². The predicted octanol–water partition coefficient (Wildman–Crippen LogP) is 3.59. The van der Waals surface area contributed by atoms with E-state index in [0.717, 1.165) is 15.8 Å². The number of benzene rings is 1. The summed E-state index contributed by atoms with van der Waals surface area (Å²) in [5.41, 5.74) is 3.41. The number of esters is 1. The SMILES string of the molecule is COC(=O)c1cc(NC(=O)c2cc3sccc3n2C)ccc1C. The molecule has 0 saturated carbocycles. The van der Waals surface area contributed by atoms with Gasteiger partial charge in [-0.15, -0.1) is 11.3 Å². The smallest absolute Gasteiger partial charge is 0.338 e. The zero-order chi connectivity index (χ0) is 16.6. The molecule has 0 spiro atoms. The Balaban J connectivity index is 1.89. The first kappa shape index (κ1) is 15.3. The summed E-state index contributed by atoms with van der Waals surface area (Å²) in [7, 11) is 3.20. The molecule has 0 unspecified atom stereocenters. The van der Waals surface area contributed by atoms with Crippen molar-refractivity contribution in [1.29, 1.82) is 0 Å². The van der Waals surface area contributed by atoms with Crippen LogP contribution in [-0.2, 0) is 11.8 Å². The Morgan fingerprint density at radius 2 is 2.00 bits per heavy atom. The monoisotopic (exact) mass is 328 g/mol. The maximum absolute atomic E-state index is 12.5. The number of aromatic nitrogens is 1. The Morgan fingerprint density at radius 1 is 1.22 bits per heavy atom. The number of hydrogen-bond donors (Lipinski definition) is 1. The molecular formula is C17H16N2O3S. The summed E-state index contributed by atoms with van der Waals surface area (Å²) < 4.78 is 7.68. The molecule has 3 aromatic rings. The lowest BCUT2D eigenvalue weighted by Crippen LogP contribution is -2.16. The second-order valence-electron chi connectivity index (χ2n) is 5.23. The molecule has 0 aliphatic heterocycles. The number of nitrogens with zero attached hydrogens (tertiary/aromatic N) is 1. The molecule has 1 aromatic carbocycles. The van der Waals surface area contributed by atoms with Crippen molar-refractivity contribution in [3.8, 4) is 0 Å². The van der Waals surface area contributed by atoms with Gasteiger partial charge in [0.1, 0.15) is 5.69 Å². The average molecular weight is 328 g/mol. The van der Waals surface area contributed by atoms with E-state index in [9.17, 15) is 9.59 Å².